The smallest absolute Gasteiger partial charge is 0.0908 e. The van der Waals surface area contributed by atoms with Gasteiger partial charge in [-0.2, -0.15) is 5.26 Å². The highest BCUT2D eigenvalue weighted by Crippen LogP contribution is 2.30. The first-order chi connectivity index (χ1) is 12.3. The Bertz CT molecular complexity index is 532. The average molecular weight is 340 g/mol. The zero-order chi connectivity index (χ0) is 17.7. The maximum Gasteiger partial charge on any atom is 0.0908 e. The predicted octanol–water partition coefficient (Wildman–Crippen LogP) is 6.35. The SMILES string of the molecule is CCCCCc1ccc(COC2CCC(CC/C=C/C#N)CC2)cc1. The van der Waals surface area contributed by atoms with Crippen molar-refractivity contribution in [2.45, 2.75) is 83.8 Å². The first-order valence-electron chi connectivity index (χ1n) is 10.1. The quantitative estimate of drug-likeness (QED) is 0.367. The van der Waals surface area contributed by atoms with Gasteiger partial charge >= 0.3 is 0 Å². The first kappa shape index (κ1) is 19.7. The van der Waals surface area contributed by atoms with E-state index >= 15 is 0 Å². The van der Waals surface area contributed by atoms with Crippen LogP contribution in [0.5, 0.6) is 0 Å². The fourth-order valence-electron chi connectivity index (χ4n) is 3.65. The maximum absolute atomic E-state index is 8.50. The van der Waals surface area contributed by atoms with Crippen molar-refractivity contribution in [3.63, 3.8) is 0 Å². The minimum absolute atomic E-state index is 0.426. The first-order valence-corrected chi connectivity index (χ1v) is 10.1. The Kier molecular flexibility index (Phi) is 9.37. The number of benzene rings is 1. The van der Waals surface area contributed by atoms with E-state index in [1.54, 1.807) is 6.08 Å². The summed E-state index contributed by atoms with van der Waals surface area (Å²) in [4.78, 5) is 0. The van der Waals surface area contributed by atoms with Gasteiger partial charge in [0.1, 0.15) is 0 Å². The third kappa shape index (κ3) is 7.88. The van der Waals surface area contributed by atoms with Crippen LogP contribution in [0.4, 0.5) is 0 Å². The van der Waals surface area contributed by atoms with Gasteiger partial charge in [0.2, 0.25) is 0 Å². The van der Waals surface area contributed by atoms with Crippen molar-refractivity contribution >= 4 is 0 Å². The zero-order valence-corrected chi connectivity index (χ0v) is 15.8. The Morgan fingerprint density at radius 2 is 1.80 bits per heavy atom. The van der Waals surface area contributed by atoms with Crippen molar-refractivity contribution in [2.75, 3.05) is 0 Å². The average Bonchev–Trinajstić information content (AvgIpc) is 2.66. The van der Waals surface area contributed by atoms with Crippen LogP contribution in [0, 0.1) is 17.2 Å². The van der Waals surface area contributed by atoms with Crippen LogP contribution in [0.25, 0.3) is 0 Å². The van der Waals surface area contributed by atoms with Gasteiger partial charge in [-0.05, 0) is 68.4 Å². The summed E-state index contributed by atoms with van der Waals surface area (Å²) in [6.07, 6.45) is 16.3. The summed E-state index contributed by atoms with van der Waals surface area (Å²) in [6, 6.07) is 11.0. The lowest BCUT2D eigenvalue weighted by Gasteiger charge is -2.28. The van der Waals surface area contributed by atoms with E-state index in [0.29, 0.717) is 6.10 Å². The topological polar surface area (TPSA) is 33.0 Å². The van der Waals surface area contributed by atoms with E-state index in [4.69, 9.17) is 10.00 Å². The molecule has 2 rings (SSSR count). The van der Waals surface area contributed by atoms with Gasteiger partial charge in [-0.25, -0.2) is 0 Å². The van der Waals surface area contributed by atoms with Crippen LogP contribution >= 0.6 is 0 Å². The van der Waals surface area contributed by atoms with Gasteiger partial charge in [0.05, 0.1) is 18.8 Å². The second-order valence-electron chi connectivity index (χ2n) is 7.34. The predicted molar refractivity (Wildman–Crippen MR) is 104 cm³/mol. The second-order valence-corrected chi connectivity index (χ2v) is 7.34. The van der Waals surface area contributed by atoms with Gasteiger partial charge in [0, 0.05) is 6.08 Å². The van der Waals surface area contributed by atoms with Gasteiger partial charge in [0.25, 0.3) is 0 Å². The largest absolute Gasteiger partial charge is 0.374 e. The summed E-state index contributed by atoms with van der Waals surface area (Å²) in [6.45, 7) is 3.00. The Morgan fingerprint density at radius 1 is 1.08 bits per heavy atom. The summed E-state index contributed by atoms with van der Waals surface area (Å²) >= 11 is 0. The summed E-state index contributed by atoms with van der Waals surface area (Å²) in [5, 5.41) is 8.50. The van der Waals surface area contributed by atoms with E-state index in [-0.39, 0.29) is 0 Å². The normalized spacial score (nSPS) is 20.6. The number of hydrogen-bond acceptors (Lipinski definition) is 2. The Balaban J connectivity index is 1.62. The van der Waals surface area contributed by atoms with Gasteiger partial charge in [-0.15, -0.1) is 0 Å². The third-order valence-corrected chi connectivity index (χ3v) is 5.31. The summed E-state index contributed by atoms with van der Waals surface area (Å²) in [5.41, 5.74) is 2.74. The second kappa shape index (κ2) is 11.9. The van der Waals surface area contributed by atoms with Crippen LogP contribution in [0.15, 0.2) is 36.4 Å². The van der Waals surface area contributed by atoms with Crippen molar-refractivity contribution in [1.29, 1.82) is 5.26 Å². The molecule has 25 heavy (non-hydrogen) atoms. The van der Waals surface area contributed by atoms with Gasteiger partial charge in [-0.3, -0.25) is 0 Å². The highest BCUT2D eigenvalue weighted by molar-refractivity contribution is 5.22. The Labute approximate surface area is 153 Å². The molecule has 2 heteroatoms. The molecule has 0 heterocycles. The standard InChI is InChI=1S/C23H33NO/c1-2-3-5-8-20-10-12-22(13-11-20)19-25-23-16-14-21(15-17-23)9-6-4-7-18-24/h4,7,10-13,21,23H,2-3,5-6,8-9,14-17,19H2,1H3/b7-4+. The molecular formula is C23H33NO. The molecule has 1 aliphatic carbocycles. The van der Waals surface area contributed by atoms with Crippen LogP contribution in [-0.4, -0.2) is 6.10 Å². The van der Waals surface area contributed by atoms with E-state index in [2.05, 4.69) is 37.3 Å². The summed E-state index contributed by atoms with van der Waals surface area (Å²) in [5.74, 6) is 0.811. The molecule has 0 spiro atoms. The van der Waals surface area contributed by atoms with E-state index < -0.39 is 0 Å². The van der Waals surface area contributed by atoms with E-state index in [0.717, 1.165) is 18.9 Å². The lowest BCUT2D eigenvalue weighted by Crippen LogP contribution is -2.21. The molecule has 0 bridgehead atoms. The van der Waals surface area contributed by atoms with E-state index in [1.807, 2.05) is 6.08 Å². The lowest BCUT2D eigenvalue weighted by atomic mass is 9.84. The molecule has 0 atom stereocenters. The zero-order valence-electron chi connectivity index (χ0n) is 15.8. The molecule has 2 nitrogen and oxygen atoms in total. The minimum atomic E-state index is 0.426. The molecule has 0 aromatic heterocycles. The monoisotopic (exact) mass is 339 g/mol. The summed E-state index contributed by atoms with van der Waals surface area (Å²) in [7, 11) is 0. The van der Waals surface area contributed by atoms with Gasteiger partial charge < -0.3 is 4.74 Å². The van der Waals surface area contributed by atoms with Crippen LogP contribution in [0.1, 0.15) is 75.8 Å². The van der Waals surface area contributed by atoms with Gasteiger partial charge in [-0.1, -0.05) is 50.1 Å². The molecule has 0 N–H and O–H groups in total. The van der Waals surface area contributed by atoms with E-state index in [1.165, 1.54) is 68.9 Å². The molecule has 1 saturated carbocycles. The number of aryl methyl sites for hydroxylation is 1. The lowest BCUT2D eigenvalue weighted by molar-refractivity contribution is 0.00646. The number of rotatable bonds is 10. The molecule has 0 unspecified atom stereocenters. The number of nitriles is 1. The molecule has 0 saturated heterocycles. The van der Waals surface area contributed by atoms with E-state index in [9.17, 15) is 0 Å². The number of hydrogen-bond donors (Lipinski definition) is 0. The summed E-state index contributed by atoms with van der Waals surface area (Å²) < 4.78 is 6.14. The van der Waals surface area contributed by atoms with Crippen LogP contribution in [0.3, 0.4) is 0 Å². The van der Waals surface area contributed by atoms with Crippen molar-refractivity contribution < 1.29 is 4.74 Å². The molecule has 0 radical (unpaired) electrons. The van der Waals surface area contributed by atoms with Crippen LogP contribution < -0.4 is 0 Å². The van der Waals surface area contributed by atoms with Gasteiger partial charge in [0.15, 0.2) is 0 Å². The molecule has 1 fully saturated rings. The van der Waals surface area contributed by atoms with Crippen LogP contribution in [0.2, 0.25) is 0 Å². The maximum atomic E-state index is 8.50. The molecule has 136 valence electrons. The molecular weight excluding hydrogens is 306 g/mol. The number of unbranched alkanes of at least 4 members (excludes halogenated alkanes) is 2. The van der Waals surface area contributed by atoms with Crippen LogP contribution in [-0.2, 0) is 17.8 Å². The fourth-order valence-corrected chi connectivity index (χ4v) is 3.65. The molecule has 1 aromatic carbocycles. The van der Waals surface area contributed by atoms with Crippen molar-refractivity contribution in [3.8, 4) is 6.07 Å². The molecule has 1 aromatic rings. The molecule has 0 aliphatic heterocycles. The highest BCUT2D eigenvalue weighted by atomic mass is 16.5. The van der Waals surface area contributed by atoms with Crippen molar-refractivity contribution in [2.24, 2.45) is 5.92 Å². The minimum Gasteiger partial charge on any atom is -0.374 e. The Morgan fingerprint density at radius 3 is 2.48 bits per heavy atom. The highest BCUT2D eigenvalue weighted by Gasteiger charge is 2.21. The number of ether oxygens (including phenoxy) is 1. The fraction of sp³-hybridized carbons (Fsp3) is 0.609. The molecule has 1 aliphatic rings. The van der Waals surface area contributed by atoms with Crippen molar-refractivity contribution in [3.05, 3.63) is 47.5 Å². The van der Waals surface area contributed by atoms with Crippen molar-refractivity contribution in [1.82, 2.24) is 0 Å². The Hall–Kier alpha value is -1.59. The number of nitrogens with zero attached hydrogens (tertiary/aromatic N) is 1. The third-order valence-electron chi connectivity index (χ3n) is 5.31. The number of allylic oxidation sites excluding steroid dienone is 2. The molecule has 0 amide bonds.